The molecule has 0 aliphatic carbocycles. The van der Waals surface area contributed by atoms with E-state index in [-0.39, 0.29) is 11.7 Å². The van der Waals surface area contributed by atoms with E-state index < -0.39 is 4.92 Å². The molecule has 2 aromatic heterocycles. The molecule has 0 atom stereocenters. The Hall–Kier alpha value is -3.94. The van der Waals surface area contributed by atoms with Crippen LogP contribution in [0.4, 0.5) is 11.4 Å². The maximum absolute atomic E-state index is 11.0. The Morgan fingerprint density at radius 3 is 2.43 bits per heavy atom. The van der Waals surface area contributed by atoms with Gasteiger partial charge in [-0.2, -0.15) is 10.2 Å². The summed E-state index contributed by atoms with van der Waals surface area (Å²) < 4.78 is 3.72. The lowest BCUT2D eigenvalue weighted by Crippen LogP contribution is -2.01. The van der Waals surface area contributed by atoms with E-state index in [9.17, 15) is 10.1 Å². The number of aromatic nitrogens is 4. The summed E-state index contributed by atoms with van der Waals surface area (Å²) in [6.07, 6.45) is 5.75. The number of nitro benzene ring substituents is 1. The van der Waals surface area contributed by atoms with Crippen molar-refractivity contribution in [2.45, 2.75) is 26.4 Å². The lowest BCUT2D eigenvalue weighted by Gasteiger charge is -2.05. The number of non-ortho nitro benzene ring substituents is 1. The van der Waals surface area contributed by atoms with Crippen molar-refractivity contribution in [2.24, 2.45) is 0 Å². The van der Waals surface area contributed by atoms with Crippen LogP contribution in [0.25, 0.3) is 16.9 Å². The van der Waals surface area contributed by atoms with Gasteiger partial charge in [-0.15, -0.1) is 0 Å². The monoisotopic (exact) mass is 402 g/mol. The van der Waals surface area contributed by atoms with E-state index >= 15 is 0 Å². The topological polar surface area (TPSA) is 90.8 Å². The van der Waals surface area contributed by atoms with Crippen LogP contribution in [0.1, 0.15) is 25.5 Å². The highest BCUT2D eigenvalue weighted by molar-refractivity contribution is 5.65. The van der Waals surface area contributed by atoms with Gasteiger partial charge in [-0.05, 0) is 38.1 Å². The van der Waals surface area contributed by atoms with Crippen molar-refractivity contribution in [3.8, 4) is 16.9 Å². The molecule has 2 aromatic carbocycles. The molecule has 0 fully saturated rings. The lowest BCUT2D eigenvalue weighted by atomic mass is 10.1. The van der Waals surface area contributed by atoms with Crippen molar-refractivity contribution in [1.29, 1.82) is 0 Å². The Balaban J connectivity index is 1.66. The molecular formula is C22H22N6O2. The molecule has 0 bridgehead atoms. The Morgan fingerprint density at radius 1 is 1.07 bits per heavy atom. The Morgan fingerprint density at radius 2 is 1.80 bits per heavy atom. The van der Waals surface area contributed by atoms with Gasteiger partial charge in [0.1, 0.15) is 0 Å². The SMILES string of the molecule is CC(C)n1cc(NCc2cn(-c3ccccc3)nc2-c2ccc([N+](=O)[O-])cc2)cn1. The first-order chi connectivity index (χ1) is 14.5. The molecular weight excluding hydrogens is 380 g/mol. The molecule has 0 unspecified atom stereocenters. The fourth-order valence-corrected chi connectivity index (χ4v) is 3.15. The van der Waals surface area contributed by atoms with E-state index in [0.717, 1.165) is 28.2 Å². The number of anilines is 1. The first-order valence-electron chi connectivity index (χ1n) is 9.68. The molecule has 1 N–H and O–H groups in total. The second-order valence-electron chi connectivity index (χ2n) is 7.24. The fourth-order valence-electron chi connectivity index (χ4n) is 3.15. The van der Waals surface area contributed by atoms with Crippen molar-refractivity contribution in [3.63, 3.8) is 0 Å². The van der Waals surface area contributed by atoms with E-state index in [0.29, 0.717) is 6.54 Å². The molecule has 152 valence electrons. The van der Waals surface area contributed by atoms with Gasteiger partial charge in [0.15, 0.2) is 0 Å². The van der Waals surface area contributed by atoms with Crippen LogP contribution >= 0.6 is 0 Å². The number of rotatable bonds is 7. The summed E-state index contributed by atoms with van der Waals surface area (Å²) in [5.74, 6) is 0. The zero-order valence-electron chi connectivity index (χ0n) is 16.8. The summed E-state index contributed by atoms with van der Waals surface area (Å²) in [5, 5.41) is 23.5. The fraction of sp³-hybridized carbons (Fsp3) is 0.182. The predicted molar refractivity (Wildman–Crippen MR) is 116 cm³/mol. The summed E-state index contributed by atoms with van der Waals surface area (Å²) in [6.45, 7) is 4.70. The smallest absolute Gasteiger partial charge is 0.269 e. The number of para-hydroxylation sites is 1. The molecule has 0 saturated heterocycles. The second-order valence-corrected chi connectivity index (χ2v) is 7.24. The summed E-state index contributed by atoms with van der Waals surface area (Å²) in [5.41, 5.74) is 4.50. The largest absolute Gasteiger partial charge is 0.378 e. The van der Waals surface area contributed by atoms with Crippen molar-refractivity contribution in [1.82, 2.24) is 19.6 Å². The Bertz CT molecular complexity index is 1150. The Labute approximate surface area is 173 Å². The van der Waals surface area contributed by atoms with Crippen LogP contribution in [0.5, 0.6) is 0 Å². The van der Waals surface area contributed by atoms with Gasteiger partial charge < -0.3 is 5.32 Å². The number of hydrogen-bond acceptors (Lipinski definition) is 5. The highest BCUT2D eigenvalue weighted by Crippen LogP contribution is 2.26. The summed E-state index contributed by atoms with van der Waals surface area (Å²) in [7, 11) is 0. The van der Waals surface area contributed by atoms with Gasteiger partial charge in [-0.25, -0.2) is 4.68 Å². The van der Waals surface area contributed by atoms with Crippen molar-refractivity contribution >= 4 is 11.4 Å². The molecule has 2 heterocycles. The molecule has 0 spiro atoms. The van der Waals surface area contributed by atoms with Gasteiger partial charge in [0.2, 0.25) is 0 Å². The van der Waals surface area contributed by atoms with Gasteiger partial charge in [0.05, 0.1) is 28.2 Å². The van der Waals surface area contributed by atoms with Gasteiger partial charge in [0, 0.05) is 48.2 Å². The number of nitro groups is 1. The minimum absolute atomic E-state index is 0.0574. The van der Waals surface area contributed by atoms with Crippen LogP contribution in [0.3, 0.4) is 0 Å². The molecule has 8 heteroatoms. The third-order valence-corrected chi connectivity index (χ3v) is 4.78. The normalized spacial score (nSPS) is 11.0. The van der Waals surface area contributed by atoms with E-state index in [1.54, 1.807) is 18.3 Å². The predicted octanol–water partition coefficient (Wildman–Crippen LogP) is 4.84. The third kappa shape index (κ3) is 4.07. The average Bonchev–Trinajstić information content (AvgIpc) is 3.40. The first-order valence-corrected chi connectivity index (χ1v) is 9.68. The van der Waals surface area contributed by atoms with Crippen molar-refractivity contribution in [2.75, 3.05) is 5.32 Å². The second kappa shape index (κ2) is 8.20. The van der Waals surface area contributed by atoms with Crippen LogP contribution in [-0.4, -0.2) is 24.5 Å². The third-order valence-electron chi connectivity index (χ3n) is 4.78. The van der Waals surface area contributed by atoms with Crippen LogP contribution in [-0.2, 0) is 6.54 Å². The van der Waals surface area contributed by atoms with Gasteiger partial charge in [0.25, 0.3) is 5.69 Å². The molecule has 0 aliphatic rings. The molecule has 0 amide bonds. The minimum atomic E-state index is -0.402. The number of benzene rings is 2. The van der Waals surface area contributed by atoms with Gasteiger partial charge in [-0.3, -0.25) is 14.8 Å². The number of nitrogens with zero attached hydrogens (tertiary/aromatic N) is 5. The van der Waals surface area contributed by atoms with Gasteiger partial charge in [-0.1, -0.05) is 18.2 Å². The molecule has 0 aliphatic heterocycles. The summed E-state index contributed by atoms with van der Waals surface area (Å²) >= 11 is 0. The Kier molecular flexibility index (Phi) is 5.30. The quantitative estimate of drug-likeness (QED) is 0.353. The van der Waals surface area contributed by atoms with E-state index in [1.165, 1.54) is 12.1 Å². The molecule has 0 saturated carbocycles. The number of hydrogen-bond donors (Lipinski definition) is 1. The van der Waals surface area contributed by atoms with Crippen molar-refractivity contribution in [3.05, 3.63) is 88.9 Å². The van der Waals surface area contributed by atoms with Crippen LogP contribution < -0.4 is 5.32 Å². The number of nitrogens with one attached hydrogen (secondary N) is 1. The summed E-state index contributed by atoms with van der Waals surface area (Å²) in [4.78, 5) is 10.6. The molecule has 4 aromatic rings. The average molecular weight is 402 g/mol. The molecule has 30 heavy (non-hydrogen) atoms. The van der Waals surface area contributed by atoms with Crippen LogP contribution in [0.15, 0.2) is 73.2 Å². The van der Waals surface area contributed by atoms with Crippen LogP contribution in [0, 0.1) is 10.1 Å². The molecule has 8 nitrogen and oxygen atoms in total. The highest BCUT2D eigenvalue weighted by Gasteiger charge is 2.14. The lowest BCUT2D eigenvalue weighted by molar-refractivity contribution is -0.384. The zero-order valence-corrected chi connectivity index (χ0v) is 16.8. The van der Waals surface area contributed by atoms with Crippen LogP contribution in [0.2, 0.25) is 0 Å². The standard InChI is InChI=1S/C22H22N6O2/c1-16(2)26-15-19(13-24-26)23-12-18-14-27(20-6-4-3-5-7-20)25-22(18)17-8-10-21(11-9-17)28(29)30/h3-11,13-16,23H,12H2,1-2H3. The maximum Gasteiger partial charge on any atom is 0.269 e. The van der Waals surface area contributed by atoms with E-state index in [2.05, 4.69) is 24.3 Å². The molecule has 4 rings (SSSR count). The molecule has 0 radical (unpaired) electrons. The van der Waals surface area contributed by atoms with E-state index in [1.807, 2.05) is 52.1 Å². The van der Waals surface area contributed by atoms with Gasteiger partial charge >= 0.3 is 0 Å². The zero-order chi connectivity index (χ0) is 21.1. The minimum Gasteiger partial charge on any atom is -0.378 e. The first kappa shape index (κ1) is 19.4. The highest BCUT2D eigenvalue weighted by atomic mass is 16.6. The van der Waals surface area contributed by atoms with E-state index in [4.69, 9.17) is 5.10 Å². The van der Waals surface area contributed by atoms with Crippen molar-refractivity contribution < 1.29 is 4.92 Å². The summed E-state index contributed by atoms with van der Waals surface area (Å²) in [6, 6.07) is 16.6. The maximum atomic E-state index is 11.0.